The fourth-order valence-corrected chi connectivity index (χ4v) is 1.20. The van der Waals surface area contributed by atoms with Gasteiger partial charge in [0.15, 0.2) is 6.19 Å². The van der Waals surface area contributed by atoms with E-state index in [0.29, 0.717) is 0 Å². The van der Waals surface area contributed by atoms with E-state index in [4.69, 9.17) is 5.26 Å². The number of nitriles is 1. The highest BCUT2D eigenvalue weighted by molar-refractivity contribution is 5.81. The summed E-state index contributed by atoms with van der Waals surface area (Å²) in [5.74, 6) is -0.0203. The van der Waals surface area contributed by atoms with Gasteiger partial charge in [0.05, 0.1) is 12.2 Å². The van der Waals surface area contributed by atoms with Gasteiger partial charge in [0.25, 0.3) is 0 Å². The van der Waals surface area contributed by atoms with Crippen LogP contribution in [-0.4, -0.2) is 12.3 Å². The highest BCUT2D eigenvalue weighted by atomic mass is 16.1. The second kappa shape index (κ2) is 4.43. The number of anilines is 1. The predicted molar refractivity (Wildman–Crippen MR) is 54.8 cm³/mol. The third-order valence-corrected chi connectivity index (χ3v) is 1.81. The molecule has 0 N–H and O–H groups in total. The quantitative estimate of drug-likeness (QED) is 0.537. The van der Waals surface area contributed by atoms with Crippen molar-refractivity contribution >= 4 is 11.5 Å². The molecule has 0 bridgehead atoms. The predicted octanol–water partition coefficient (Wildman–Crippen LogP) is 1.87. The van der Waals surface area contributed by atoms with Gasteiger partial charge < -0.3 is 0 Å². The van der Waals surface area contributed by atoms with E-state index < -0.39 is 0 Å². The molecular formula is C11H12N2O. The average molecular weight is 188 g/mol. The Morgan fingerprint density at radius 1 is 1.57 bits per heavy atom. The lowest BCUT2D eigenvalue weighted by molar-refractivity contribution is -0.115. The Kier molecular flexibility index (Phi) is 3.24. The van der Waals surface area contributed by atoms with Crippen LogP contribution in [0.5, 0.6) is 0 Å². The molecule has 0 atom stereocenters. The minimum atomic E-state index is -0.0203. The van der Waals surface area contributed by atoms with Crippen molar-refractivity contribution in [2.75, 3.05) is 11.4 Å². The molecule has 0 fully saturated rings. The van der Waals surface area contributed by atoms with Crippen LogP contribution in [0, 0.1) is 18.4 Å². The van der Waals surface area contributed by atoms with E-state index in [-0.39, 0.29) is 12.3 Å². The van der Waals surface area contributed by atoms with Gasteiger partial charge in [-0.2, -0.15) is 5.26 Å². The van der Waals surface area contributed by atoms with Gasteiger partial charge in [-0.25, -0.2) is 0 Å². The van der Waals surface area contributed by atoms with Crippen molar-refractivity contribution in [1.29, 1.82) is 5.26 Å². The molecule has 1 aromatic rings. The van der Waals surface area contributed by atoms with E-state index in [0.717, 1.165) is 11.3 Å². The zero-order chi connectivity index (χ0) is 10.6. The van der Waals surface area contributed by atoms with Crippen molar-refractivity contribution in [2.45, 2.75) is 13.8 Å². The maximum absolute atomic E-state index is 10.9. The number of aryl methyl sites for hydroxylation is 1. The second-order valence-electron chi connectivity index (χ2n) is 3.23. The minimum Gasteiger partial charge on any atom is -0.298 e. The molecule has 72 valence electrons. The maximum Gasteiger partial charge on any atom is 0.184 e. The van der Waals surface area contributed by atoms with E-state index in [1.165, 1.54) is 11.8 Å². The van der Waals surface area contributed by atoms with Crippen molar-refractivity contribution in [2.24, 2.45) is 0 Å². The molecule has 0 radical (unpaired) electrons. The molecule has 0 aliphatic carbocycles. The first-order chi connectivity index (χ1) is 6.63. The molecule has 14 heavy (non-hydrogen) atoms. The lowest BCUT2D eigenvalue weighted by atomic mass is 10.2. The highest BCUT2D eigenvalue weighted by Crippen LogP contribution is 2.14. The lowest BCUT2D eigenvalue weighted by Gasteiger charge is -2.13. The summed E-state index contributed by atoms with van der Waals surface area (Å²) in [5.41, 5.74) is 1.84. The van der Waals surface area contributed by atoms with Gasteiger partial charge in [-0.15, -0.1) is 0 Å². The summed E-state index contributed by atoms with van der Waals surface area (Å²) in [6.45, 7) is 3.56. The summed E-state index contributed by atoms with van der Waals surface area (Å²) in [5, 5.41) is 8.84. The van der Waals surface area contributed by atoms with E-state index in [2.05, 4.69) is 0 Å². The summed E-state index contributed by atoms with van der Waals surface area (Å²) >= 11 is 0. The number of nitrogens with zero attached hydrogens (tertiary/aromatic N) is 2. The number of rotatable bonds is 3. The van der Waals surface area contributed by atoms with Gasteiger partial charge >= 0.3 is 0 Å². The van der Waals surface area contributed by atoms with Crippen LogP contribution < -0.4 is 4.90 Å². The Morgan fingerprint density at radius 2 is 2.29 bits per heavy atom. The Labute approximate surface area is 83.6 Å². The molecule has 0 aliphatic rings. The molecule has 0 heterocycles. The van der Waals surface area contributed by atoms with E-state index in [1.807, 2.05) is 37.4 Å². The first-order valence-electron chi connectivity index (χ1n) is 4.37. The van der Waals surface area contributed by atoms with Gasteiger partial charge in [-0.1, -0.05) is 12.1 Å². The molecule has 0 aliphatic heterocycles. The molecule has 1 aromatic carbocycles. The van der Waals surface area contributed by atoms with Gasteiger partial charge in [-0.05, 0) is 31.5 Å². The van der Waals surface area contributed by atoms with Gasteiger partial charge in [-0.3, -0.25) is 9.69 Å². The minimum absolute atomic E-state index is 0.0203. The summed E-state index contributed by atoms with van der Waals surface area (Å²) in [4.78, 5) is 12.3. The number of carbonyl (C=O) groups is 1. The third kappa shape index (κ3) is 2.60. The van der Waals surface area contributed by atoms with Crippen LogP contribution in [0.4, 0.5) is 5.69 Å². The molecule has 0 spiro atoms. The number of carbonyl (C=O) groups excluding carboxylic acids is 1. The number of benzene rings is 1. The van der Waals surface area contributed by atoms with Crippen LogP contribution in [0.3, 0.4) is 0 Å². The van der Waals surface area contributed by atoms with Crippen LogP contribution in [-0.2, 0) is 4.79 Å². The van der Waals surface area contributed by atoms with Crippen LogP contribution in [0.15, 0.2) is 24.3 Å². The van der Waals surface area contributed by atoms with Crippen LogP contribution in [0.1, 0.15) is 12.5 Å². The summed E-state index contributed by atoms with van der Waals surface area (Å²) in [6, 6.07) is 7.52. The van der Waals surface area contributed by atoms with Crippen molar-refractivity contribution in [1.82, 2.24) is 0 Å². The van der Waals surface area contributed by atoms with Crippen molar-refractivity contribution in [3.05, 3.63) is 29.8 Å². The lowest BCUT2D eigenvalue weighted by Crippen LogP contribution is -2.23. The Morgan fingerprint density at radius 3 is 2.79 bits per heavy atom. The smallest absolute Gasteiger partial charge is 0.184 e. The monoisotopic (exact) mass is 188 g/mol. The zero-order valence-electron chi connectivity index (χ0n) is 8.32. The SMILES string of the molecule is CC(=O)CN(C#N)c1cccc(C)c1. The van der Waals surface area contributed by atoms with E-state index >= 15 is 0 Å². The summed E-state index contributed by atoms with van der Waals surface area (Å²) in [6.07, 6.45) is 1.99. The second-order valence-corrected chi connectivity index (χ2v) is 3.23. The normalized spacial score (nSPS) is 9.21. The Hall–Kier alpha value is -1.82. The summed E-state index contributed by atoms with van der Waals surface area (Å²) in [7, 11) is 0. The molecule has 0 aromatic heterocycles. The molecule has 1 rings (SSSR count). The fourth-order valence-electron chi connectivity index (χ4n) is 1.20. The summed E-state index contributed by atoms with van der Waals surface area (Å²) < 4.78 is 0. The number of hydrogen-bond acceptors (Lipinski definition) is 3. The standard InChI is InChI=1S/C11H12N2O/c1-9-4-3-5-11(6-9)13(8-12)7-10(2)14/h3-6H,7H2,1-2H3. The molecule has 0 saturated carbocycles. The topological polar surface area (TPSA) is 44.1 Å². The maximum atomic E-state index is 10.9. The van der Waals surface area contributed by atoms with E-state index in [9.17, 15) is 4.79 Å². The first-order valence-corrected chi connectivity index (χ1v) is 4.37. The average Bonchev–Trinajstić information content (AvgIpc) is 2.14. The van der Waals surface area contributed by atoms with E-state index in [1.54, 1.807) is 0 Å². The largest absolute Gasteiger partial charge is 0.298 e. The van der Waals surface area contributed by atoms with Crippen molar-refractivity contribution < 1.29 is 4.79 Å². The Balaban J connectivity index is 2.90. The molecule has 0 amide bonds. The third-order valence-electron chi connectivity index (χ3n) is 1.81. The molecule has 0 unspecified atom stereocenters. The first kappa shape index (κ1) is 10.3. The van der Waals surface area contributed by atoms with Crippen molar-refractivity contribution in [3.8, 4) is 6.19 Å². The molecule has 0 saturated heterocycles. The zero-order valence-corrected chi connectivity index (χ0v) is 8.32. The number of hydrogen-bond donors (Lipinski definition) is 0. The Bertz CT molecular complexity index is 379. The van der Waals surface area contributed by atoms with Gasteiger partial charge in [0.1, 0.15) is 5.78 Å². The van der Waals surface area contributed by atoms with Gasteiger partial charge in [0, 0.05) is 0 Å². The number of Topliss-reactive ketones (excluding diaryl/α,β-unsaturated/α-hetero) is 1. The molecule has 3 heteroatoms. The fraction of sp³-hybridized carbons (Fsp3) is 0.273. The van der Waals surface area contributed by atoms with Crippen LogP contribution in [0.2, 0.25) is 0 Å². The highest BCUT2D eigenvalue weighted by Gasteiger charge is 2.07. The van der Waals surface area contributed by atoms with Gasteiger partial charge in [0.2, 0.25) is 0 Å². The molecule has 3 nitrogen and oxygen atoms in total. The van der Waals surface area contributed by atoms with Crippen LogP contribution in [0.25, 0.3) is 0 Å². The number of ketones is 1. The van der Waals surface area contributed by atoms with Crippen LogP contribution >= 0.6 is 0 Å². The van der Waals surface area contributed by atoms with Crippen molar-refractivity contribution in [3.63, 3.8) is 0 Å². The molecular weight excluding hydrogens is 176 g/mol.